The number of alkyl halides is 2. The maximum Gasteiger partial charge on any atom is 0.267 e. The number of piperidine rings is 1. The van der Waals surface area contributed by atoms with Crippen molar-refractivity contribution in [3.05, 3.63) is 23.8 Å². The van der Waals surface area contributed by atoms with E-state index >= 15 is 0 Å². The van der Waals surface area contributed by atoms with Crippen LogP contribution in [0.3, 0.4) is 0 Å². The topological polar surface area (TPSA) is 40.6 Å². The number of hydrogen-bond donors (Lipinski definition) is 0. The summed E-state index contributed by atoms with van der Waals surface area (Å²) in [4.78, 5) is 3.37. The van der Waals surface area contributed by atoms with Gasteiger partial charge in [0.25, 0.3) is 15.5 Å². The van der Waals surface area contributed by atoms with E-state index in [0.717, 1.165) is 18.9 Å². The molecule has 124 valence electrons. The second-order valence-electron chi connectivity index (χ2n) is 5.63. The van der Waals surface area contributed by atoms with Crippen molar-refractivity contribution in [2.24, 2.45) is 0 Å². The lowest BCUT2D eigenvalue weighted by Gasteiger charge is -2.38. The van der Waals surface area contributed by atoms with E-state index in [2.05, 4.69) is 4.90 Å². The van der Waals surface area contributed by atoms with Crippen molar-refractivity contribution < 1.29 is 17.2 Å². The number of nitrogens with zero attached hydrogens (tertiary/aromatic N) is 2. The zero-order chi connectivity index (χ0) is 16.5. The van der Waals surface area contributed by atoms with Crippen molar-refractivity contribution in [3.63, 3.8) is 0 Å². The molecule has 22 heavy (non-hydrogen) atoms. The average Bonchev–Trinajstić information content (AvgIpc) is 2.45. The van der Waals surface area contributed by atoms with E-state index in [9.17, 15) is 17.2 Å². The SMILES string of the molecule is CN(C)[C@H]1CCCN(c2cccc(S(=O)(=O)Cl)c2C(F)F)C1. The van der Waals surface area contributed by atoms with Crippen LogP contribution in [0.4, 0.5) is 14.5 Å². The largest absolute Gasteiger partial charge is 0.370 e. The molecular weight excluding hydrogens is 334 g/mol. The fourth-order valence-corrected chi connectivity index (χ4v) is 3.94. The third kappa shape index (κ3) is 3.70. The van der Waals surface area contributed by atoms with Gasteiger partial charge in [0, 0.05) is 35.5 Å². The summed E-state index contributed by atoms with van der Waals surface area (Å²) in [6.07, 6.45) is -1.05. The molecule has 1 aliphatic rings. The van der Waals surface area contributed by atoms with Crippen LogP contribution in [-0.4, -0.2) is 46.5 Å². The van der Waals surface area contributed by atoms with E-state index in [1.54, 1.807) is 0 Å². The minimum Gasteiger partial charge on any atom is -0.370 e. The zero-order valence-electron chi connectivity index (χ0n) is 12.5. The molecule has 0 spiro atoms. The Morgan fingerprint density at radius 3 is 2.59 bits per heavy atom. The summed E-state index contributed by atoms with van der Waals surface area (Å²) < 4.78 is 50.1. The molecule has 1 atom stereocenters. The highest BCUT2D eigenvalue weighted by atomic mass is 35.7. The minimum atomic E-state index is -4.21. The highest BCUT2D eigenvalue weighted by molar-refractivity contribution is 8.13. The van der Waals surface area contributed by atoms with Gasteiger partial charge in [0.2, 0.25) is 0 Å². The second-order valence-corrected chi connectivity index (χ2v) is 8.17. The fourth-order valence-electron chi connectivity index (χ4n) is 2.84. The molecule has 1 aromatic rings. The van der Waals surface area contributed by atoms with Gasteiger partial charge in [-0.25, -0.2) is 17.2 Å². The molecule has 0 radical (unpaired) electrons. The molecular formula is C14H19ClF2N2O2S. The van der Waals surface area contributed by atoms with Crippen molar-refractivity contribution in [2.75, 3.05) is 32.1 Å². The Balaban J connectivity index is 2.47. The van der Waals surface area contributed by atoms with E-state index in [0.29, 0.717) is 13.1 Å². The molecule has 1 aliphatic heterocycles. The maximum absolute atomic E-state index is 13.5. The molecule has 1 aromatic carbocycles. The van der Waals surface area contributed by atoms with Crippen LogP contribution in [0.25, 0.3) is 0 Å². The minimum absolute atomic E-state index is 0.246. The lowest BCUT2D eigenvalue weighted by atomic mass is 10.0. The molecule has 0 aliphatic carbocycles. The van der Waals surface area contributed by atoms with Crippen LogP contribution in [0.1, 0.15) is 24.8 Å². The van der Waals surface area contributed by atoms with Gasteiger partial charge < -0.3 is 9.80 Å². The first-order valence-corrected chi connectivity index (χ1v) is 9.30. The van der Waals surface area contributed by atoms with Crippen LogP contribution in [-0.2, 0) is 9.05 Å². The second kappa shape index (κ2) is 6.68. The normalized spacial score (nSPS) is 20.0. The van der Waals surface area contributed by atoms with Crippen LogP contribution in [0.15, 0.2) is 23.1 Å². The Morgan fingerprint density at radius 2 is 2.05 bits per heavy atom. The van der Waals surface area contributed by atoms with Crippen molar-refractivity contribution in [1.82, 2.24) is 4.90 Å². The van der Waals surface area contributed by atoms with E-state index in [4.69, 9.17) is 10.7 Å². The van der Waals surface area contributed by atoms with Gasteiger partial charge in [-0.1, -0.05) is 6.07 Å². The predicted molar refractivity (Wildman–Crippen MR) is 83.4 cm³/mol. The van der Waals surface area contributed by atoms with Crippen LogP contribution < -0.4 is 4.90 Å². The van der Waals surface area contributed by atoms with Crippen LogP contribution in [0.5, 0.6) is 0 Å². The van der Waals surface area contributed by atoms with Gasteiger partial charge in [0.15, 0.2) is 0 Å². The van der Waals surface area contributed by atoms with Gasteiger partial charge in [0.1, 0.15) is 0 Å². The highest BCUT2D eigenvalue weighted by Gasteiger charge is 2.29. The van der Waals surface area contributed by atoms with Gasteiger partial charge in [-0.2, -0.15) is 0 Å². The molecule has 1 heterocycles. The summed E-state index contributed by atoms with van der Waals surface area (Å²) in [6.45, 7) is 1.20. The van der Waals surface area contributed by atoms with Crippen LogP contribution in [0, 0.1) is 0 Å². The Kier molecular flexibility index (Phi) is 5.29. The highest BCUT2D eigenvalue weighted by Crippen LogP contribution is 2.37. The van der Waals surface area contributed by atoms with Gasteiger partial charge in [-0.15, -0.1) is 0 Å². The molecule has 0 bridgehead atoms. The molecule has 2 rings (SSSR count). The summed E-state index contributed by atoms with van der Waals surface area (Å²) in [5, 5.41) is 0. The Morgan fingerprint density at radius 1 is 1.36 bits per heavy atom. The smallest absolute Gasteiger partial charge is 0.267 e. The van der Waals surface area contributed by atoms with E-state index in [1.807, 2.05) is 19.0 Å². The Hall–Kier alpha value is -0.920. The molecule has 8 heteroatoms. The van der Waals surface area contributed by atoms with Gasteiger partial charge in [0.05, 0.1) is 10.5 Å². The number of halogens is 3. The monoisotopic (exact) mass is 352 g/mol. The lowest BCUT2D eigenvalue weighted by Crippen LogP contribution is -2.45. The molecule has 0 unspecified atom stereocenters. The van der Waals surface area contributed by atoms with Gasteiger partial charge >= 0.3 is 0 Å². The maximum atomic E-state index is 13.5. The van der Waals surface area contributed by atoms with Gasteiger partial charge in [-0.05, 0) is 39.1 Å². The number of hydrogen-bond acceptors (Lipinski definition) is 4. The fraction of sp³-hybridized carbons (Fsp3) is 0.571. The average molecular weight is 353 g/mol. The third-order valence-corrected chi connectivity index (χ3v) is 5.37. The number of rotatable bonds is 4. The van der Waals surface area contributed by atoms with E-state index in [1.165, 1.54) is 12.1 Å². The quantitative estimate of drug-likeness (QED) is 0.781. The lowest BCUT2D eigenvalue weighted by molar-refractivity contribution is 0.148. The van der Waals surface area contributed by atoms with Crippen molar-refractivity contribution in [3.8, 4) is 0 Å². The summed E-state index contributed by atoms with van der Waals surface area (Å²) in [7, 11) is 4.99. The van der Waals surface area contributed by atoms with Crippen LogP contribution >= 0.6 is 10.7 Å². The summed E-state index contributed by atoms with van der Waals surface area (Å²) in [5.74, 6) is 0. The van der Waals surface area contributed by atoms with E-state index < -0.39 is 25.9 Å². The summed E-state index contributed by atoms with van der Waals surface area (Å²) in [5.41, 5.74) is -0.250. The van der Waals surface area contributed by atoms with Crippen molar-refractivity contribution in [2.45, 2.75) is 30.2 Å². The van der Waals surface area contributed by atoms with Crippen LogP contribution in [0.2, 0.25) is 0 Å². The third-order valence-electron chi connectivity index (χ3n) is 3.99. The molecule has 0 aromatic heterocycles. The molecule has 0 saturated carbocycles. The molecule has 0 N–H and O–H groups in total. The van der Waals surface area contributed by atoms with Crippen molar-refractivity contribution in [1.29, 1.82) is 0 Å². The number of benzene rings is 1. The number of likely N-dealkylation sites (N-methyl/N-ethyl adjacent to an activating group) is 1. The van der Waals surface area contributed by atoms with Crippen molar-refractivity contribution >= 4 is 25.4 Å². The summed E-state index contributed by atoms with van der Waals surface area (Å²) >= 11 is 0. The standard InChI is InChI=1S/C14H19ClF2N2O2S/c1-18(2)10-5-4-8-19(9-10)11-6-3-7-12(22(15,20)21)13(11)14(16)17/h3,6-7,10,14H,4-5,8-9H2,1-2H3/t10-/m0/s1. The molecule has 0 amide bonds. The molecule has 4 nitrogen and oxygen atoms in total. The number of anilines is 1. The predicted octanol–water partition coefficient (Wildman–Crippen LogP) is 3.08. The Labute approximate surface area is 134 Å². The molecule has 1 fully saturated rings. The van der Waals surface area contributed by atoms with Gasteiger partial charge in [-0.3, -0.25) is 0 Å². The first kappa shape index (κ1) is 17.4. The van der Waals surface area contributed by atoms with E-state index in [-0.39, 0.29) is 11.7 Å². The zero-order valence-corrected chi connectivity index (χ0v) is 14.0. The molecule has 1 saturated heterocycles. The first-order valence-electron chi connectivity index (χ1n) is 6.99. The first-order chi connectivity index (χ1) is 10.2. The summed E-state index contributed by atoms with van der Waals surface area (Å²) in [6, 6.07) is 4.36. The Bertz CT molecular complexity index is 638.